The first kappa shape index (κ1) is 21.6. The Bertz CT molecular complexity index is 842. The number of methoxy groups -OCH3 is 1. The summed E-state index contributed by atoms with van der Waals surface area (Å²) >= 11 is 0. The first-order chi connectivity index (χ1) is 14.4. The quantitative estimate of drug-likeness (QED) is 0.761. The average molecular weight is 411 g/mol. The molecule has 1 aliphatic heterocycles. The number of benzene rings is 2. The van der Waals surface area contributed by atoms with Crippen molar-refractivity contribution in [3.8, 4) is 5.75 Å². The lowest BCUT2D eigenvalue weighted by atomic mass is 10.2. The molecule has 0 saturated carbocycles. The van der Waals surface area contributed by atoms with Crippen LogP contribution < -0.4 is 15.4 Å². The Kier molecular flexibility index (Phi) is 7.30. The molecule has 30 heavy (non-hydrogen) atoms. The molecular weight excluding hydrogens is 380 g/mol. The van der Waals surface area contributed by atoms with Crippen LogP contribution in [0, 0.1) is 5.92 Å². The number of nitrogens with zero attached hydrogens (tertiary/aromatic N) is 2. The third-order valence-corrected chi connectivity index (χ3v) is 5.03. The second-order valence-electron chi connectivity index (χ2n) is 7.87. The van der Waals surface area contributed by atoms with Crippen molar-refractivity contribution in [3.63, 3.8) is 0 Å². The topological polar surface area (TPSA) is 73.9 Å². The van der Waals surface area contributed by atoms with Crippen LogP contribution in [-0.2, 0) is 0 Å². The van der Waals surface area contributed by atoms with E-state index in [1.165, 1.54) is 0 Å². The molecule has 1 aliphatic rings. The van der Waals surface area contributed by atoms with Gasteiger partial charge in [0.2, 0.25) is 0 Å². The Balaban J connectivity index is 1.50. The van der Waals surface area contributed by atoms with E-state index in [0.29, 0.717) is 22.9 Å². The van der Waals surface area contributed by atoms with Gasteiger partial charge >= 0.3 is 6.03 Å². The Morgan fingerprint density at radius 2 is 1.47 bits per heavy atom. The summed E-state index contributed by atoms with van der Waals surface area (Å²) in [5.41, 5.74) is 1.88. The van der Waals surface area contributed by atoms with Gasteiger partial charge in [-0.25, -0.2) is 4.79 Å². The summed E-state index contributed by atoms with van der Waals surface area (Å²) in [6.45, 7) is 8.73. The average Bonchev–Trinajstić information content (AvgIpc) is 2.75. The number of rotatable bonds is 6. The van der Waals surface area contributed by atoms with Crippen molar-refractivity contribution in [2.24, 2.45) is 5.92 Å². The number of piperazine rings is 1. The van der Waals surface area contributed by atoms with Crippen LogP contribution >= 0.6 is 0 Å². The first-order valence-electron chi connectivity index (χ1n) is 10.3. The molecule has 0 bridgehead atoms. The van der Waals surface area contributed by atoms with Gasteiger partial charge in [0, 0.05) is 49.7 Å². The van der Waals surface area contributed by atoms with Crippen molar-refractivity contribution in [1.29, 1.82) is 0 Å². The number of hydrogen-bond acceptors (Lipinski definition) is 4. The maximum absolute atomic E-state index is 12.5. The normalized spacial score (nSPS) is 14.5. The molecule has 0 atom stereocenters. The molecular formula is C23H30N4O3. The molecule has 0 spiro atoms. The summed E-state index contributed by atoms with van der Waals surface area (Å²) in [6.07, 6.45) is 0. The molecule has 2 aromatic rings. The van der Waals surface area contributed by atoms with Crippen molar-refractivity contribution in [3.05, 3.63) is 54.1 Å². The van der Waals surface area contributed by atoms with Crippen LogP contribution in [-0.4, -0.2) is 61.6 Å². The van der Waals surface area contributed by atoms with E-state index in [9.17, 15) is 9.59 Å². The van der Waals surface area contributed by atoms with Crippen LogP contribution in [0.2, 0.25) is 0 Å². The van der Waals surface area contributed by atoms with Gasteiger partial charge < -0.3 is 20.3 Å². The van der Waals surface area contributed by atoms with Crippen LogP contribution in [0.1, 0.15) is 24.2 Å². The lowest BCUT2D eigenvalue weighted by Gasteiger charge is -2.35. The molecule has 2 N–H and O–H groups in total. The van der Waals surface area contributed by atoms with E-state index in [4.69, 9.17) is 4.74 Å². The number of carbonyl (C=O) groups excluding carboxylic acids is 2. The molecule has 1 saturated heterocycles. The lowest BCUT2D eigenvalue weighted by Crippen LogP contribution is -2.50. The molecule has 7 nitrogen and oxygen atoms in total. The molecule has 1 fully saturated rings. The number of nitrogens with one attached hydrogen (secondary N) is 2. The summed E-state index contributed by atoms with van der Waals surface area (Å²) in [7, 11) is 1.60. The highest BCUT2D eigenvalue weighted by Gasteiger charge is 2.21. The predicted octanol–water partition coefficient (Wildman–Crippen LogP) is 3.75. The molecule has 0 unspecified atom stereocenters. The van der Waals surface area contributed by atoms with Gasteiger partial charge in [0.05, 0.1) is 7.11 Å². The van der Waals surface area contributed by atoms with Gasteiger partial charge in [0.1, 0.15) is 5.75 Å². The highest BCUT2D eigenvalue weighted by Crippen LogP contribution is 2.17. The number of amides is 3. The fourth-order valence-corrected chi connectivity index (χ4v) is 3.44. The molecule has 0 aliphatic carbocycles. The molecule has 2 aromatic carbocycles. The zero-order valence-electron chi connectivity index (χ0n) is 17.9. The SMILES string of the molecule is COc1ccc(NC(=O)c2ccc(NC(=O)N3CCN(CC(C)C)CC3)cc2)cc1. The Morgan fingerprint density at radius 1 is 0.900 bits per heavy atom. The Hall–Kier alpha value is -3.06. The number of anilines is 2. The summed E-state index contributed by atoms with van der Waals surface area (Å²) in [5.74, 6) is 1.15. The highest BCUT2D eigenvalue weighted by atomic mass is 16.5. The van der Waals surface area contributed by atoms with E-state index in [1.54, 1.807) is 55.6 Å². The second kappa shape index (κ2) is 10.1. The second-order valence-corrected chi connectivity index (χ2v) is 7.87. The van der Waals surface area contributed by atoms with Crippen molar-refractivity contribution in [1.82, 2.24) is 9.80 Å². The van der Waals surface area contributed by atoms with Crippen molar-refractivity contribution < 1.29 is 14.3 Å². The van der Waals surface area contributed by atoms with Gasteiger partial charge in [0.15, 0.2) is 0 Å². The number of ether oxygens (including phenoxy) is 1. The molecule has 3 rings (SSSR count). The number of urea groups is 1. The van der Waals surface area contributed by atoms with E-state index < -0.39 is 0 Å². The number of hydrogen-bond donors (Lipinski definition) is 2. The van der Waals surface area contributed by atoms with Crippen LogP contribution in [0.4, 0.5) is 16.2 Å². The maximum Gasteiger partial charge on any atom is 0.321 e. The van der Waals surface area contributed by atoms with E-state index in [0.717, 1.165) is 38.5 Å². The predicted molar refractivity (Wildman–Crippen MR) is 119 cm³/mol. The van der Waals surface area contributed by atoms with Crippen LogP contribution in [0.15, 0.2) is 48.5 Å². The number of carbonyl (C=O) groups is 2. The lowest BCUT2D eigenvalue weighted by molar-refractivity contribution is 0.102. The standard InChI is InChI=1S/C23H30N4O3/c1-17(2)16-26-12-14-27(15-13-26)23(29)25-20-6-4-18(5-7-20)22(28)24-19-8-10-21(30-3)11-9-19/h4-11,17H,12-16H2,1-3H3,(H,24,28)(H,25,29). The minimum Gasteiger partial charge on any atom is -0.497 e. The van der Waals surface area contributed by atoms with E-state index in [1.807, 2.05) is 4.90 Å². The molecule has 160 valence electrons. The van der Waals surface area contributed by atoms with Crippen LogP contribution in [0.25, 0.3) is 0 Å². The largest absolute Gasteiger partial charge is 0.497 e. The van der Waals surface area contributed by atoms with Gasteiger partial charge in [-0.05, 0) is 54.4 Å². The smallest absolute Gasteiger partial charge is 0.321 e. The summed E-state index contributed by atoms with van der Waals surface area (Å²) in [5, 5.41) is 5.76. The van der Waals surface area contributed by atoms with Gasteiger partial charge in [-0.3, -0.25) is 9.69 Å². The third-order valence-electron chi connectivity index (χ3n) is 5.03. The van der Waals surface area contributed by atoms with Crippen molar-refractivity contribution >= 4 is 23.3 Å². The summed E-state index contributed by atoms with van der Waals surface area (Å²) in [4.78, 5) is 29.2. The van der Waals surface area contributed by atoms with E-state index in [-0.39, 0.29) is 11.9 Å². The minimum absolute atomic E-state index is 0.102. The van der Waals surface area contributed by atoms with Gasteiger partial charge in [-0.1, -0.05) is 13.8 Å². The van der Waals surface area contributed by atoms with Crippen LogP contribution in [0.5, 0.6) is 5.75 Å². The minimum atomic E-state index is -0.209. The van der Waals surface area contributed by atoms with Gasteiger partial charge in [-0.15, -0.1) is 0 Å². The fourth-order valence-electron chi connectivity index (χ4n) is 3.44. The molecule has 0 aromatic heterocycles. The Morgan fingerprint density at radius 3 is 2.03 bits per heavy atom. The zero-order valence-corrected chi connectivity index (χ0v) is 17.9. The summed E-state index contributed by atoms with van der Waals surface area (Å²) in [6, 6.07) is 13.9. The molecule has 0 radical (unpaired) electrons. The van der Waals surface area contributed by atoms with E-state index >= 15 is 0 Å². The van der Waals surface area contributed by atoms with Crippen molar-refractivity contribution in [2.45, 2.75) is 13.8 Å². The monoisotopic (exact) mass is 410 g/mol. The molecule has 1 heterocycles. The van der Waals surface area contributed by atoms with Crippen LogP contribution in [0.3, 0.4) is 0 Å². The van der Waals surface area contributed by atoms with E-state index in [2.05, 4.69) is 29.4 Å². The highest BCUT2D eigenvalue weighted by molar-refractivity contribution is 6.04. The molecule has 3 amide bonds. The Labute approximate surface area is 178 Å². The third kappa shape index (κ3) is 5.97. The van der Waals surface area contributed by atoms with Gasteiger partial charge in [-0.2, -0.15) is 0 Å². The molecule has 7 heteroatoms. The fraction of sp³-hybridized carbons (Fsp3) is 0.391. The summed E-state index contributed by atoms with van der Waals surface area (Å²) < 4.78 is 5.11. The van der Waals surface area contributed by atoms with Crippen molar-refractivity contribution in [2.75, 3.05) is 50.5 Å². The van der Waals surface area contributed by atoms with Gasteiger partial charge in [0.25, 0.3) is 5.91 Å². The zero-order chi connectivity index (χ0) is 21.5. The maximum atomic E-state index is 12.5. The first-order valence-corrected chi connectivity index (χ1v) is 10.3.